The number of amides is 2. The van der Waals surface area contributed by atoms with Gasteiger partial charge in [-0.1, -0.05) is 0 Å². The van der Waals surface area contributed by atoms with E-state index in [-0.39, 0.29) is 23.9 Å². The molecule has 3 rings (SSSR count). The number of nitrogens with one attached hydrogen (secondary N) is 1. The molecular weight excluding hydrogens is 318 g/mol. The summed E-state index contributed by atoms with van der Waals surface area (Å²) >= 11 is 3.19. The van der Waals surface area contributed by atoms with Crippen LogP contribution in [-0.4, -0.2) is 51.8 Å². The van der Waals surface area contributed by atoms with E-state index in [1.807, 2.05) is 16.7 Å². The third kappa shape index (κ3) is 3.46. The minimum atomic E-state index is -0.143. The molecule has 2 aliphatic rings. The van der Waals surface area contributed by atoms with Gasteiger partial charge >= 0.3 is 0 Å². The molecule has 0 saturated carbocycles. The van der Waals surface area contributed by atoms with Crippen molar-refractivity contribution in [2.24, 2.45) is 0 Å². The van der Waals surface area contributed by atoms with E-state index < -0.39 is 0 Å². The van der Waals surface area contributed by atoms with Crippen molar-refractivity contribution in [2.75, 3.05) is 18.1 Å². The average molecular weight is 339 g/mol. The van der Waals surface area contributed by atoms with Crippen molar-refractivity contribution in [1.82, 2.24) is 15.2 Å². The van der Waals surface area contributed by atoms with Gasteiger partial charge in [-0.3, -0.25) is 9.59 Å². The molecule has 120 valence electrons. The van der Waals surface area contributed by atoms with E-state index in [1.165, 1.54) is 11.3 Å². The summed E-state index contributed by atoms with van der Waals surface area (Å²) in [6, 6.07) is 0.515. The maximum Gasteiger partial charge on any atom is 0.280 e. The van der Waals surface area contributed by atoms with Crippen molar-refractivity contribution in [3.63, 3.8) is 0 Å². The molecular formula is C15H21N3O2S2. The van der Waals surface area contributed by atoms with Crippen LogP contribution in [-0.2, 0) is 0 Å². The zero-order valence-corrected chi connectivity index (χ0v) is 14.3. The van der Waals surface area contributed by atoms with Gasteiger partial charge < -0.3 is 10.2 Å². The van der Waals surface area contributed by atoms with E-state index in [0.29, 0.717) is 10.7 Å². The van der Waals surface area contributed by atoms with Crippen LogP contribution < -0.4 is 5.32 Å². The second kappa shape index (κ2) is 7.00. The van der Waals surface area contributed by atoms with Crippen molar-refractivity contribution in [2.45, 2.75) is 44.7 Å². The van der Waals surface area contributed by atoms with Crippen molar-refractivity contribution >= 4 is 34.9 Å². The first kappa shape index (κ1) is 15.8. The summed E-state index contributed by atoms with van der Waals surface area (Å²) in [5.74, 6) is 2.00. The third-order valence-corrected chi connectivity index (χ3v) is 6.18. The van der Waals surface area contributed by atoms with Crippen LogP contribution in [0.4, 0.5) is 0 Å². The maximum atomic E-state index is 12.4. The quantitative estimate of drug-likeness (QED) is 0.918. The van der Waals surface area contributed by atoms with Gasteiger partial charge in [-0.15, -0.1) is 11.3 Å². The number of aromatic nitrogens is 1. The lowest BCUT2D eigenvalue weighted by molar-refractivity contribution is 0.0742. The maximum absolute atomic E-state index is 12.4. The minimum absolute atomic E-state index is 0.0469. The number of hydrogen-bond acceptors (Lipinski definition) is 5. The minimum Gasteiger partial charge on any atom is -0.347 e. The highest BCUT2D eigenvalue weighted by Crippen LogP contribution is 2.21. The second-order valence-electron chi connectivity index (χ2n) is 5.89. The number of nitrogens with zero attached hydrogens (tertiary/aromatic N) is 2. The number of thioether (sulfide) groups is 1. The molecule has 0 spiro atoms. The first-order chi connectivity index (χ1) is 10.6. The standard InChI is InChI=1S/C15H21N3O2S2/c1-10-3-2-6-18(10)15(20)12-9-22-14(17-12)13(19)16-11-4-7-21-8-5-11/h9-11H,2-8H2,1H3,(H,16,19)/t10-/m0/s1. The summed E-state index contributed by atoms with van der Waals surface area (Å²) in [5, 5.41) is 5.14. The molecule has 1 N–H and O–H groups in total. The van der Waals surface area contributed by atoms with Gasteiger partial charge in [0.25, 0.3) is 11.8 Å². The smallest absolute Gasteiger partial charge is 0.280 e. The lowest BCUT2D eigenvalue weighted by atomic mass is 10.1. The highest BCUT2D eigenvalue weighted by Gasteiger charge is 2.28. The molecule has 0 radical (unpaired) electrons. The Balaban J connectivity index is 1.62. The van der Waals surface area contributed by atoms with Crippen molar-refractivity contribution < 1.29 is 9.59 Å². The molecule has 2 saturated heterocycles. The highest BCUT2D eigenvalue weighted by atomic mass is 32.2. The summed E-state index contributed by atoms with van der Waals surface area (Å²) in [4.78, 5) is 30.8. The van der Waals surface area contributed by atoms with Crippen molar-refractivity contribution in [3.05, 3.63) is 16.1 Å². The van der Waals surface area contributed by atoms with Crippen LogP contribution in [0.3, 0.4) is 0 Å². The Morgan fingerprint density at radius 3 is 2.77 bits per heavy atom. The summed E-state index contributed by atoms with van der Waals surface area (Å²) in [6.07, 6.45) is 4.12. The summed E-state index contributed by atoms with van der Waals surface area (Å²) < 4.78 is 0. The second-order valence-corrected chi connectivity index (χ2v) is 7.97. The summed E-state index contributed by atoms with van der Waals surface area (Å²) in [7, 11) is 0. The van der Waals surface area contributed by atoms with Gasteiger partial charge in [0.05, 0.1) is 0 Å². The van der Waals surface area contributed by atoms with Crippen LogP contribution in [0, 0.1) is 0 Å². The zero-order valence-electron chi connectivity index (χ0n) is 12.7. The Morgan fingerprint density at radius 2 is 2.09 bits per heavy atom. The van der Waals surface area contributed by atoms with E-state index in [2.05, 4.69) is 17.2 Å². The Morgan fingerprint density at radius 1 is 1.32 bits per heavy atom. The lowest BCUT2D eigenvalue weighted by Crippen LogP contribution is -2.37. The van der Waals surface area contributed by atoms with Gasteiger partial charge in [-0.2, -0.15) is 11.8 Å². The van der Waals surface area contributed by atoms with Crippen LogP contribution in [0.25, 0.3) is 0 Å². The van der Waals surface area contributed by atoms with Crippen molar-refractivity contribution in [1.29, 1.82) is 0 Å². The number of carbonyl (C=O) groups excluding carboxylic acids is 2. The van der Waals surface area contributed by atoms with E-state index in [1.54, 1.807) is 5.38 Å². The number of likely N-dealkylation sites (tertiary alicyclic amines) is 1. The van der Waals surface area contributed by atoms with Gasteiger partial charge in [0.1, 0.15) is 5.69 Å². The Labute approximate surface area is 138 Å². The van der Waals surface area contributed by atoms with E-state index in [0.717, 1.165) is 43.7 Å². The largest absolute Gasteiger partial charge is 0.347 e. The molecule has 22 heavy (non-hydrogen) atoms. The zero-order chi connectivity index (χ0) is 15.5. The lowest BCUT2D eigenvalue weighted by Gasteiger charge is -2.22. The van der Waals surface area contributed by atoms with Crippen LogP contribution in [0.15, 0.2) is 5.38 Å². The molecule has 2 aliphatic heterocycles. The fourth-order valence-corrected chi connectivity index (χ4v) is 4.75. The Kier molecular flexibility index (Phi) is 5.03. The number of thiazole rings is 1. The molecule has 0 aromatic carbocycles. The molecule has 2 fully saturated rings. The molecule has 7 heteroatoms. The molecule has 0 bridgehead atoms. The Bertz CT molecular complexity index is 555. The molecule has 1 aromatic heterocycles. The van der Waals surface area contributed by atoms with Gasteiger partial charge in [-0.25, -0.2) is 4.98 Å². The van der Waals surface area contributed by atoms with Gasteiger partial charge in [-0.05, 0) is 44.1 Å². The van der Waals surface area contributed by atoms with Crippen LogP contribution >= 0.6 is 23.1 Å². The molecule has 2 amide bonds. The Hall–Kier alpha value is -1.08. The number of rotatable bonds is 3. The molecule has 5 nitrogen and oxygen atoms in total. The first-order valence-corrected chi connectivity index (χ1v) is 9.83. The number of carbonyl (C=O) groups is 2. The van der Waals surface area contributed by atoms with E-state index in [9.17, 15) is 9.59 Å². The fraction of sp³-hybridized carbons (Fsp3) is 0.667. The average Bonchev–Trinajstić information content (AvgIpc) is 3.16. The predicted octanol–water partition coefficient (Wildman–Crippen LogP) is 2.39. The van der Waals surface area contributed by atoms with Crippen molar-refractivity contribution in [3.8, 4) is 0 Å². The van der Waals surface area contributed by atoms with Gasteiger partial charge in [0.15, 0.2) is 5.01 Å². The topological polar surface area (TPSA) is 62.3 Å². The van der Waals surface area contributed by atoms with E-state index in [4.69, 9.17) is 0 Å². The molecule has 0 aliphatic carbocycles. The van der Waals surface area contributed by atoms with Crippen LogP contribution in [0.1, 0.15) is 52.9 Å². The molecule has 0 unspecified atom stereocenters. The van der Waals surface area contributed by atoms with Gasteiger partial charge in [0.2, 0.25) is 0 Å². The van der Waals surface area contributed by atoms with Crippen LogP contribution in [0.5, 0.6) is 0 Å². The first-order valence-electron chi connectivity index (χ1n) is 7.80. The predicted molar refractivity (Wildman–Crippen MR) is 89.7 cm³/mol. The highest BCUT2D eigenvalue weighted by molar-refractivity contribution is 7.99. The number of hydrogen-bond donors (Lipinski definition) is 1. The monoisotopic (exact) mass is 339 g/mol. The third-order valence-electron chi connectivity index (χ3n) is 4.29. The van der Waals surface area contributed by atoms with E-state index >= 15 is 0 Å². The summed E-state index contributed by atoms with van der Waals surface area (Å²) in [6.45, 7) is 2.85. The molecule has 3 heterocycles. The normalized spacial score (nSPS) is 22.8. The molecule has 1 atom stereocenters. The molecule has 1 aromatic rings. The fourth-order valence-electron chi connectivity index (χ4n) is 2.95. The van der Waals surface area contributed by atoms with Gasteiger partial charge in [0, 0.05) is 24.0 Å². The van der Waals surface area contributed by atoms with Crippen LogP contribution in [0.2, 0.25) is 0 Å². The summed E-state index contributed by atoms with van der Waals surface area (Å²) in [5.41, 5.74) is 0.406. The SMILES string of the molecule is C[C@H]1CCCN1C(=O)c1csc(C(=O)NC2CCSCC2)n1.